The third-order valence-electron chi connectivity index (χ3n) is 6.72. The number of benzene rings is 4. The Kier molecular flexibility index (Phi) is 10.2. The van der Waals surface area contributed by atoms with Crippen LogP contribution in [-0.2, 0) is 29.2 Å². The van der Waals surface area contributed by atoms with Crippen molar-refractivity contribution in [1.82, 2.24) is 20.7 Å². The average molecular weight is 592 g/mol. The summed E-state index contributed by atoms with van der Waals surface area (Å²) in [5, 5.41) is 9.01. The topological polar surface area (TPSA) is 127 Å². The Labute approximate surface area is 255 Å². The van der Waals surface area contributed by atoms with E-state index in [2.05, 4.69) is 44.0 Å². The monoisotopic (exact) mass is 591 g/mol. The van der Waals surface area contributed by atoms with Gasteiger partial charge in [0.05, 0.1) is 19.1 Å². The van der Waals surface area contributed by atoms with Gasteiger partial charge in [-0.05, 0) is 52.6 Å². The number of H-pyrrole nitrogens is 1. The quantitative estimate of drug-likeness (QED) is 0.122. The van der Waals surface area contributed by atoms with Crippen molar-refractivity contribution < 1.29 is 23.8 Å². The number of alkyl carbamates (subject to hydrolysis) is 1. The Morgan fingerprint density at radius 1 is 0.932 bits per heavy atom. The van der Waals surface area contributed by atoms with Crippen LogP contribution in [0.3, 0.4) is 0 Å². The van der Waals surface area contributed by atoms with E-state index in [1.54, 1.807) is 12.3 Å². The van der Waals surface area contributed by atoms with Crippen LogP contribution in [0.4, 0.5) is 4.79 Å². The minimum Gasteiger partial charge on any atom is -0.490 e. The van der Waals surface area contributed by atoms with Crippen molar-refractivity contribution in [3.63, 3.8) is 0 Å². The fourth-order valence-electron chi connectivity index (χ4n) is 4.55. The first kappa shape index (κ1) is 29.8. The molecule has 5 rings (SSSR count). The Morgan fingerprint density at radius 3 is 2.57 bits per heavy atom. The molecule has 0 unspecified atom stereocenters. The fraction of sp³-hybridized carbons (Fsp3) is 0.176. The molecule has 1 aromatic heterocycles. The normalized spacial score (nSPS) is 11.7. The predicted molar refractivity (Wildman–Crippen MR) is 167 cm³/mol. The van der Waals surface area contributed by atoms with E-state index in [0.29, 0.717) is 36.0 Å². The second-order valence-electron chi connectivity index (χ2n) is 9.84. The lowest BCUT2D eigenvalue weighted by Gasteiger charge is -2.16. The number of imidazole rings is 1. The summed E-state index contributed by atoms with van der Waals surface area (Å²) < 4.78 is 17.3. The largest absolute Gasteiger partial charge is 0.490 e. The van der Waals surface area contributed by atoms with Crippen LogP contribution in [0.1, 0.15) is 29.3 Å². The van der Waals surface area contributed by atoms with E-state index >= 15 is 0 Å². The summed E-state index contributed by atoms with van der Waals surface area (Å²) >= 11 is 0. The van der Waals surface area contributed by atoms with Gasteiger partial charge in [0.15, 0.2) is 11.5 Å². The van der Waals surface area contributed by atoms with Gasteiger partial charge in [0.25, 0.3) is 5.91 Å². The number of carbonyl (C=O) groups is 2. The lowest BCUT2D eigenvalue weighted by atomic mass is 10.1. The minimum absolute atomic E-state index is 0.0764. The first-order chi connectivity index (χ1) is 21.6. The molecule has 10 nitrogen and oxygen atoms in total. The smallest absolute Gasteiger partial charge is 0.408 e. The van der Waals surface area contributed by atoms with Crippen molar-refractivity contribution in [2.45, 2.75) is 32.6 Å². The molecule has 0 saturated heterocycles. The number of hydrazone groups is 1. The van der Waals surface area contributed by atoms with Gasteiger partial charge >= 0.3 is 6.09 Å². The number of nitrogens with one attached hydrogen (secondary N) is 3. The van der Waals surface area contributed by atoms with Crippen molar-refractivity contribution in [3.8, 4) is 11.5 Å². The van der Waals surface area contributed by atoms with Gasteiger partial charge in [-0.15, -0.1) is 0 Å². The third-order valence-corrected chi connectivity index (χ3v) is 6.72. The van der Waals surface area contributed by atoms with Crippen molar-refractivity contribution in [1.29, 1.82) is 0 Å². The number of ether oxygens (including phenoxy) is 3. The first-order valence-electron chi connectivity index (χ1n) is 14.2. The molecule has 224 valence electrons. The van der Waals surface area contributed by atoms with Crippen LogP contribution >= 0.6 is 0 Å². The number of carbonyl (C=O) groups excluding carboxylic acids is 2. The molecule has 0 fully saturated rings. The summed E-state index contributed by atoms with van der Waals surface area (Å²) in [6, 6.07) is 28.0. The van der Waals surface area contributed by atoms with E-state index in [-0.39, 0.29) is 13.0 Å². The van der Waals surface area contributed by atoms with E-state index in [1.165, 1.54) is 12.5 Å². The maximum atomic E-state index is 13.0. The Hall–Kier alpha value is -5.64. The van der Waals surface area contributed by atoms with E-state index in [1.807, 2.05) is 73.7 Å². The number of nitrogens with zero attached hydrogens (tertiary/aromatic N) is 2. The zero-order valence-electron chi connectivity index (χ0n) is 24.2. The number of aromatic nitrogens is 2. The van der Waals surface area contributed by atoms with Crippen LogP contribution in [0.15, 0.2) is 109 Å². The van der Waals surface area contributed by atoms with Crippen molar-refractivity contribution in [3.05, 3.63) is 126 Å². The molecule has 0 radical (unpaired) electrons. The molecule has 4 aromatic carbocycles. The summed E-state index contributed by atoms with van der Waals surface area (Å²) in [6.45, 7) is 2.80. The number of aromatic amines is 1. The highest BCUT2D eigenvalue weighted by molar-refractivity contribution is 5.88. The maximum absolute atomic E-state index is 13.0. The Bertz CT molecular complexity index is 1700. The second-order valence-corrected chi connectivity index (χ2v) is 9.84. The van der Waals surface area contributed by atoms with Gasteiger partial charge < -0.3 is 24.5 Å². The molecule has 0 aliphatic carbocycles. The molecule has 0 bridgehead atoms. The molecule has 0 aliphatic heterocycles. The Morgan fingerprint density at radius 2 is 1.75 bits per heavy atom. The number of rotatable bonds is 13. The molecular weight excluding hydrogens is 558 g/mol. The standard InChI is InChI=1S/C34H33N5O5/c1-2-42-32-17-25(15-16-31(32)43-22-27-13-8-12-26-11-6-7-14-29(26)27)19-37-39-33(40)30(18-28-20-35-23-36-28)38-34(41)44-21-24-9-4-3-5-10-24/h3-17,19-20,23,30H,2,18,21-22H2,1H3,(H,35,36)(H,38,41)(H,39,40)/b37-19-/t30-/m0/s1. The van der Waals surface area contributed by atoms with Crippen molar-refractivity contribution in [2.24, 2.45) is 5.10 Å². The summed E-state index contributed by atoms with van der Waals surface area (Å²) in [5.41, 5.74) is 5.76. The Balaban J connectivity index is 1.21. The molecule has 3 N–H and O–H groups in total. The average Bonchev–Trinajstić information content (AvgIpc) is 3.57. The number of amides is 2. The van der Waals surface area contributed by atoms with Crippen LogP contribution in [0.25, 0.3) is 10.8 Å². The molecule has 44 heavy (non-hydrogen) atoms. The van der Waals surface area contributed by atoms with Gasteiger partial charge in [0.1, 0.15) is 19.3 Å². The van der Waals surface area contributed by atoms with Crippen molar-refractivity contribution >= 4 is 29.0 Å². The summed E-state index contributed by atoms with van der Waals surface area (Å²) in [5.74, 6) is 0.634. The third kappa shape index (κ3) is 8.22. The molecule has 1 atom stereocenters. The van der Waals surface area contributed by atoms with Crippen LogP contribution in [0.2, 0.25) is 0 Å². The van der Waals surface area contributed by atoms with Crippen LogP contribution in [0.5, 0.6) is 11.5 Å². The van der Waals surface area contributed by atoms with Crippen LogP contribution in [-0.4, -0.2) is 40.8 Å². The lowest BCUT2D eigenvalue weighted by Crippen LogP contribution is -2.47. The molecular formula is C34H33N5O5. The summed E-state index contributed by atoms with van der Waals surface area (Å²) in [6.07, 6.45) is 4.02. The van der Waals surface area contributed by atoms with Gasteiger partial charge in [-0.25, -0.2) is 15.2 Å². The molecule has 10 heteroatoms. The molecule has 1 heterocycles. The molecule has 0 aliphatic rings. The lowest BCUT2D eigenvalue weighted by molar-refractivity contribution is -0.123. The van der Waals surface area contributed by atoms with Crippen LogP contribution < -0.4 is 20.2 Å². The fourth-order valence-corrected chi connectivity index (χ4v) is 4.55. The van der Waals surface area contributed by atoms with E-state index in [0.717, 1.165) is 21.9 Å². The zero-order chi connectivity index (χ0) is 30.6. The maximum Gasteiger partial charge on any atom is 0.408 e. The highest BCUT2D eigenvalue weighted by atomic mass is 16.5. The van der Waals surface area contributed by atoms with Crippen molar-refractivity contribution in [2.75, 3.05) is 6.61 Å². The zero-order valence-corrected chi connectivity index (χ0v) is 24.2. The van der Waals surface area contributed by atoms with E-state index in [4.69, 9.17) is 14.2 Å². The van der Waals surface area contributed by atoms with Gasteiger partial charge in [-0.3, -0.25) is 4.79 Å². The highest BCUT2D eigenvalue weighted by Crippen LogP contribution is 2.30. The molecule has 5 aromatic rings. The predicted octanol–water partition coefficient (Wildman–Crippen LogP) is 5.53. The van der Waals surface area contributed by atoms with Gasteiger partial charge in [0.2, 0.25) is 0 Å². The SMILES string of the molecule is CCOc1cc(/C=N\NC(=O)[C@H](Cc2cnc[nH]2)NC(=O)OCc2ccccc2)ccc1OCc1cccc2ccccc12. The molecule has 0 spiro atoms. The summed E-state index contributed by atoms with van der Waals surface area (Å²) in [4.78, 5) is 32.4. The number of hydrogen-bond acceptors (Lipinski definition) is 7. The number of fused-ring (bicyclic) bond motifs is 1. The van der Waals surface area contributed by atoms with Gasteiger partial charge in [-0.2, -0.15) is 5.10 Å². The van der Waals surface area contributed by atoms with E-state index < -0.39 is 18.0 Å². The minimum atomic E-state index is -0.959. The summed E-state index contributed by atoms with van der Waals surface area (Å²) in [7, 11) is 0. The second kappa shape index (κ2) is 15.0. The molecule has 2 amide bonds. The van der Waals surface area contributed by atoms with Crippen LogP contribution in [0, 0.1) is 0 Å². The number of hydrogen-bond donors (Lipinski definition) is 3. The van der Waals surface area contributed by atoms with Gasteiger partial charge in [-0.1, -0.05) is 72.8 Å². The first-order valence-corrected chi connectivity index (χ1v) is 14.2. The highest BCUT2D eigenvalue weighted by Gasteiger charge is 2.22. The van der Waals surface area contributed by atoms with Gasteiger partial charge in [0, 0.05) is 18.3 Å². The molecule has 0 saturated carbocycles. The van der Waals surface area contributed by atoms with E-state index in [9.17, 15) is 9.59 Å².